The molecule has 0 amide bonds. The SMILES string of the molecule is [2H]c1cc2c(c([2H])c1[2H])c1c([2H])c([2H])c([2H])cc1n2-c1cccc(-n2c3cc([2H])c([2H])c([2H])c3c3c([2H])c([2H])c([2H])cc32)c1. The lowest BCUT2D eigenvalue weighted by Gasteiger charge is -2.12. The van der Waals surface area contributed by atoms with Crippen molar-refractivity contribution in [3.05, 3.63) is 121 Å². The summed E-state index contributed by atoms with van der Waals surface area (Å²) in [6, 6.07) is 9.38. The number of aromatic nitrogens is 2. The van der Waals surface area contributed by atoms with Gasteiger partial charge >= 0.3 is 0 Å². The molecule has 2 nitrogen and oxygen atoms in total. The van der Waals surface area contributed by atoms with Crippen LogP contribution in [0.25, 0.3) is 55.0 Å². The molecule has 32 heavy (non-hydrogen) atoms. The molecule has 0 fully saturated rings. The van der Waals surface area contributed by atoms with Crippen molar-refractivity contribution in [1.29, 1.82) is 0 Å². The highest BCUT2D eigenvalue weighted by Gasteiger charge is 2.14. The quantitative estimate of drug-likeness (QED) is 0.269. The summed E-state index contributed by atoms with van der Waals surface area (Å²) in [4.78, 5) is 0. The van der Waals surface area contributed by atoms with Crippen LogP contribution >= 0.6 is 0 Å². The van der Waals surface area contributed by atoms with E-state index in [9.17, 15) is 0 Å². The normalized spacial score (nSPS) is 17.0. The molecule has 0 aliphatic rings. The molecule has 2 heteroatoms. The molecule has 150 valence electrons. The Hall–Kier alpha value is -4.30. The second-order valence-electron chi connectivity index (χ2n) is 7.39. The van der Waals surface area contributed by atoms with E-state index in [0.29, 0.717) is 33.4 Å². The van der Waals surface area contributed by atoms with Crippen LogP contribution in [0.15, 0.2) is 121 Å². The molecule has 7 rings (SSSR count). The van der Waals surface area contributed by atoms with Crippen molar-refractivity contribution in [3.8, 4) is 11.4 Å². The van der Waals surface area contributed by atoms with Gasteiger partial charge in [0.15, 0.2) is 0 Å². The zero-order chi connectivity index (χ0) is 31.5. The van der Waals surface area contributed by atoms with E-state index in [-0.39, 0.29) is 94.1 Å². The Labute approximate surface area is 202 Å². The molecule has 7 aromatic rings. The Morgan fingerprint density at radius 1 is 0.438 bits per heavy atom. The van der Waals surface area contributed by atoms with Gasteiger partial charge in [-0.25, -0.2) is 0 Å². The zero-order valence-electron chi connectivity index (χ0n) is 28.5. The summed E-state index contributed by atoms with van der Waals surface area (Å²) in [5.41, 5.74) is 2.31. The maximum Gasteiger partial charge on any atom is 0.0630 e. The Morgan fingerprint density at radius 3 is 1.12 bits per heavy atom. The molecular formula is C30H20N2. The molecule has 0 saturated heterocycles. The van der Waals surface area contributed by atoms with Gasteiger partial charge in [-0.05, 0) is 42.5 Å². The zero-order valence-corrected chi connectivity index (χ0v) is 16.5. The van der Waals surface area contributed by atoms with Crippen LogP contribution in [0.1, 0.15) is 16.4 Å². The van der Waals surface area contributed by atoms with Crippen molar-refractivity contribution >= 4 is 43.6 Å². The summed E-state index contributed by atoms with van der Waals surface area (Å²) >= 11 is 0. The van der Waals surface area contributed by atoms with Crippen LogP contribution in [0.4, 0.5) is 0 Å². The lowest BCUT2D eigenvalue weighted by molar-refractivity contribution is 1.13. The number of para-hydroxylation sites is 4. The fourth-order valence-corrected chi connectivity index (χ4v) is 4.41. The van der Waals surface area contributed by atoms with Gasteiger partial charge in [-0.3, -0.25) is 0 Å². The van der Waals surface area contributed by atoms with Crippen LogP contribution in [0, 0.1) is 0 Å². The molecule has 0 aliphatic carbocycles. The Kier molecular flexibility index (Phi) is 1.95. The summed E-state index contributed by atoms with van der Waals surface area (Å²) in [7, 11) is 0. The number of hydrogen-bond donors (Lipinski definition) is 0. The Bertz CT molecular complexity index is 2120. The lowest BCUT2D eigenvalue weighted by atomic mass is 10.2. The molecule has 2 aromatic heterocycles. The summed E-state index contributed by atoms with van der Waals surface area (Å²) in [5, 5.41) is 0.845. The van der Waals surface area contributed by atoms with Crippen molar-refractivity contribution in [3.63, 3.8) is 0 Å². The van der Waals surface area contributed by atoms with E-state index >= 15 is 0 Å². The summed E-state index contributed by atoms with van der Waals surface area (Å²) in [5.74, 6) is 0. The van der Waals surface area contributed by atoms with E-state index in [4.69, 9.17) is 16.4 Å². The predicted molar refractivity (Wildman–Crippen MR) is 135 cm³/mol. The minimum atomic E-state index is -0.325. The van der Waals surface area contributed by atoms with Gasteiger partial charge in [0.1, 0.15) is 0 Å². The van der Waals surface area contributed by atoms with Gasteiger partial charge in [0.25, 0.3) is 0 Å². The molecule has 0 atom stereocenters. The van der Waals surface area contributed by atoms with Crippen LogP contribution in [0.2, 0.25) is 0 Å². The van der Waals surface area contributed by atoms with Gasteiger partial charge in [0.05, 0.1) is 38.5 Å². The number of fused-ring (bicyclic) bond motifs is 6. The number of rotatable bonds is 2. The second kappa shape index (κ2) is 6.60. The number of nitrogens with zero attached hydrogens (tertiary/aromatic N) is 2. The van der Waals surface area contributed by atoms with Crippen LogP contribution in [-0.2, 0) is 0 Å². The standard InChI is InChI=1S/C30H20N2/c1-5-16-27-23(12-1)24-13-2-6-17-28(24)31(27)21-10-9-11-22(20-21)32-29-18-7-3-14-25(29)26-15-4-8-19-30(26)32/h1-20H/i1D,2D,3D,4D,5D,6D,7D,8D,12D,13D,14D,15D. The van der Waals surface area contributed by atoms with Crippen molar-refractivity contribution in [2.45, 2.75) is 0 Å². The first-order valence-electron chi connectivity index (χ1n) is 16.0. The average Bonchev–Trinajstić information content (AvgIpc) is 3.48. The number of benzene rings is 5. The second-order valence-corrected chi connectivity index (χ2v) is 7.39. The third kappa shape index (κ3) is 2.35. The van der Waals surface area contributed by atoms with E-state index < -0.39 is 0 Å². The van der Waals surface area contributed by atoms with Crippen LogP contribution < -0.4 is 0 Å². The maximum atomic E-state index is 8.64. The van der Waals surface area contributed by atoms with Gasteiger partial charge < -0.3 is 9.13 Å². The van der Waals surface area contributed by atoms with Crippen molar-refractivity contribution in [1.82, 2.24) is 9.13 Å². The van der Waals surface area contributed by atoms with E-state index in [1.165, 1.54) is 24.3 Å². The molecule has 0 unspecified atom stereocenters. The maximum absolute atomic E-state index is 8.64. The first-order valence-corrected chi connectivity index (χ1v) is 9.97. The summed E-state index contributed by atoms with van der Waals surface area (Å²) in [6.45, 7) is 0. The highest BCUT2D eigenvalue weighted by atomic mass is 15.0. The van der Waals surface area contributed by atoms with Gasteiger partial charge in [-0.2, -0.15) is 0 Å². The third-order valence-corrected chi connectivity index (χ3v) is 5.71. The fraction of sp³-hybridized carbons (Fsp3) is 0. The average molecular weight is 421 g/mol. The molecule has 0 bridgehead atoms. The van der Waals surface area contributed by atoms with Crippen LogP contribution in [-0.4, -0.2) is 9.13 Å². The van der Waals surface area contributed by atoms with Crippen LogP contribution in [0.5, 0.6) is 0 Å². The largest absolute Gasteiger partial charge is 0.309 e. The van der Waals surface area contributed by atoms with E-state index in [1.807, 2.05) is 0 Å². The third-order valence-electron chi connectivity index (χ3n) is 5.71. The topological polar surface area (TPSA) is 9.86 Å². The minimum absolute atomic E-state index is 0.205. The predicted octanol–water partition coefficient (Wildman–Crippen LogP) is 7.88. The van der Waals surface area contributed by atoms with E-state index in [2.05, 4.69) is 0 Å². The fourth-order valence-electron chi connectivity index (χ4n) is 4.41. The summed E-state index contributed by atoms with van der Waals surface area (Å²) in [6.07, 6.45) is 0. The van der Waals surface area contributed by atoms with Gasteiger partial charge in [-0.15, -0.1) is 0 Å². The minimum Gasteiger partial charge on any atom is -0.309 e. The lowest BCUT2D eigenvalue weighted by Crippen LogP contribution is -1.98. The molecule has 2 heterocycles. The number of hydrogen-bond acceptors (Lipinski definition) is 0. The van der Waals surface area contributed by atoms with Crippen molar-refractivity contribution in [2.24, 2.45) is 0 Å². The van der Waals surface area contributed by atoms with E-state index in [1.54, 1.807) is 33.4 Å². The highest BCUT2D eigenvalue weighted by molar-refractivity contribution is 6.10. The molecule has 0 saturated carbocycles. The molecular weight excluding hydrogens is 388 g/mol. The van der Waals surface area contributed by atoms with Crippen molar-refractivity contribution < 1.29 is 16.4 Å². The first-order chi connectivity index (χ1) is 20.8. The van der Waals surface area contributed by atoms with Gasteiger partial charge in [-0.1, -0.05) is 78.6 Å². The Morgan fingerprint density at radius 2 is 0.781 bits per heavy atom. The van der Waals surface area contributed by atoms with Crippen LogP contribution in [0.3, 0.4) is 0 Å². The molecule has 0 aliphatic heterocycles. The van der Waals surface area contributed by atoms with E-state index in [0.717, 1.165) is 0 Å². The molecule has 0 N–H and O–H groups in total. The van der Waals surface area contributed by atoms with Gasteiger partial charge in [0, 0.05) is 32.9 Å². The molecule has 0 spiro atoms. The summed E-state index contributed by atoms with van der Waals surface area (Å²) < 4.78 is 104. The molecule has 5 aromatic carbocycles. The monoisotopic (exact) mass is 420 g/mol. The Balaban J connectivity index is 1.63. The molecule has 0 radical (unpaired) electrons. The smallest absolute Gasteiger partial charge is 0.0630 e. The van der Waals surface area contributed by atoms with Gasteiger partial charge in [0.2, 0.25) is 0 Å². The van der Waals surface area contributed by atoms with Crippen molar-refractivity contribution in [2.75, 3.05) is 0 Å². The highest BCUT2D eigenvalue weighted by Crippen LogP contribution is 2.35. The first kappa shape index (κ1) is 9.46.